The first kappa shape index (κ1) is 18.3. The number of carbonyl (C=O) groups is 1. The molecule has 0 bridgehead atoms. The summed E-state index contributed by atoms with van der Waals surface area (Å²) in [5, 5.41) is 3.73. The van der Waals surface area contributed by atoms with Crippen LogP contribution in [0.3, 0.4) is 0 Å². The van der Waals surface area contributed by atoms with E-state index in [0.717, 1.165) is 29.8 Å². The van der Waals surface area contributed by atoms with E-state index in [1.54, 1.807) is 24.6 Å². The van der Waals surface area contributed by atoms with Gasteiger partial charge in [0.1, 0.15) is 11.5 Å². The summed E-state index contributed by atoms with van der Waals surface area (Å²) in [5.74, 6) is 1.28. The number of pyridine rings is 2. The normalized spacial score (nSPS) is 14.1. The first-order valence-electron chi connectivity index (χ1n) is 9.82. The zero-order chi connectivity index (χ0) is 20.3. The first-order chi connectivity index (χ1) is 14.8. The Morgan fingerprint density at radius 2 is 1.90 bits per heavy atom. The van der Waals surface area contributed by atoms with E-state index in [2.05, 4.69) is 20.2 Å². The largest absolute Gasteiger partial charge is 0.463 e. The predicted octanol–water partition coefficient (Wildman–Crippen LogP) is 3.98. The third-order valence-electron chi connectivity index (χ3n) is 5.08. The van der Waals surface area contributed by atoms with E-state index in [4.69, 9.17) is 9.15 Å². The van der Waals surface area contributed by atoms with Gasteiger partial charge in [0.05, 0.1) is 42.4 Å². The van der Waals surface area contributed by atoms with E-state index in [1.807, 2.05) is 42.5 Å². The second-order valence-corrected chi connectivity index (χ2v) is 7.01. The predicted molar refractivity (Wildman–Crippen MR) is 115 cm³/mol. The Balaban J connectivity index is 1.43. The van der Waals surface area contributed by atoms with E-state index < -0.39 is 0 Å². The Kier molecular flexibility index (Phi) is 4.86. The van der Waals surface area contributed by atoms with Gasteiger partial charge in [0, 0.05) is 18.5 Å². The van der Waals surface area contributed by atoms with Crippen molar-refractivity contribution in [2.24, 2.45) is 0 Å². The molecule has 3 aromatic heterocycles. The van der Waals surface area contributed by atoms with Crippen molar-refractivity contribution in [1.82, 2.24) is 9.97 Å². The maximum absolute atomic E-state index is 13.1. The molecule has 1 fully saturated rings. The second-order valence-electron chi connectivity index (χ2n) is 7.01. The fourth-order valence-corrected chi connectivity index (χ4v) is 3.55. The lowest BCUT2D eigenvalue weighted by Gasteiger charge is -2.27. The molecule has 1 aliphatic heterocycles. The van der Waals surface area contributed by atoms with Crippen LogP contribution in [0.25, 0.3) is 22.4 Å². The molecule has 1 N–H and O–H groups in total. The molecule has 4 aromatic rings. The fraction of sp³-hybridized carbons (Fsp3) is 0.174. The van der Waals surface area contributed by atoms with Crippen LogP contribution in [0.15, 0.2) is 71.5 Å². The van der Waals surface area contributed by atoms with Crippen molar-refractivity contribution in [3.05, 3.63) is 72.6 Å². The van der Waals surface area contributed by atoms with Crippen LogP contribution in [0.2, 0.25) is 0 Å². The molecule has 1 aliphatic rings. The Morgan fingerprint density at radius 1 is 1.03 bits per heavy atom. The van der Waals surface area contributed by atoms with Crippen LogP contribution in [-0.2, 0) is 4.74 Å². The van der Waals surface area contributed by atoms with Gasteiger partial charge >= 0.3 is 0 Å². The zero-order valence-electron chi connectivity index (χ0n) is 16.2. The van der Waals surface area contributed by atoms with Crippen LogP contribution < -0.4 is 10.2 Å². The SMILES string of the molecule is O=C(Nc1ccc(N2CCOCC2)nc1)c1cc(-c2ccco2)nc2ccccc12. The number of nitrogens with zero attached hydrogens (tertiary/aromatic N) is 3. The highest BCUT2D eigenvalue weighted by atomic mass is 16.5. The summed E-state index contributed by atoms with van der Waals surface area (Å²) in [6, 6.07) is 16.7. The maximum atomic E-state index is 13.1. The van der Waals surface area contributed by atoms with Gasteiger partial charge in [-0.15, -0.1) is 0 Å². The second kappa shape index (κ2) is 7.96. The van der Waals surface area contributed by atoms with Crippen molar-refractivity contribution < 1.29 is 13.9 Å². The quantitative estimate of drug-likeness (QED) is 0.558. The molecule has 0 atom stereocenters. The van der Waals surface area contributed by atoms with Crippen LogP contribution in [0, 0.1) is 0 Å². The number of nitrogens with one attached hydrogen (secondary N) is 1. The van der Waals surface area contributed by atoms with Gasteiger partial charge < -0.3 is 19.4 Å². The number of para-hydroxylation sites is 1. The molecule has 1 saturated heterocycles. The summed E-state index contributed by atoms with van der Waals surface area (Å²) in [6.07, 6.45) is 3.27. The van der Waals surface area contributed by atoms with Crippen molar-refractivity contribution in [1.29, 1.82) is 0 Å². The first-order valence-corrected chi connectivity index (χ1v) is 9.82. The minimum absolute atomic E-state index is 0.220. The molecule has 4 heterocycles. The molecule has 7 heteroatoms. The smallest absolute Gasteiger partial charge is 0.256 e. The molecule has 5 rings (SSSR count). The number of benzene rings is 1. The van der Waals surface area contributed by atoms with Crippen LogP contribution in [0.5, 0.6) is 0 Å². The van der Waals surface area contributed by atoms with Crippen LogP contribution in [0.4, 0.5) is 11.5 Å². The van der Waals surface area contributed by atoms with Crippen molar-refractivity contribution in [3.63, 3.8) is 0 Å². The molecule has 0 aliphatic carbocycles. The highest BCUT2D eigenvalue weighted by molar-refractivity contribution is 6.13. The van der Waals surface area contributed by atoms with Gasteiger partial charge in [0.15, 0.2) is 5.76 Å². The number of ether oxygens (including phenoxy) is 1. The van der Waals surface area contributed by atoms with E-state index in [0.29, 0.717) is 35.9 Å². The van der Waals surface area contributed by atoms with Gasteiger partial charge in [-0.3, -0.25) is 4.79 Å². The number of fused-ring (bicyclic) bond motifs is 1. The van der Waals surface area contributed by atoms with Gasteiger partial charge in [-0.25, -0.2) is 9.97 Å². The van der Waals surface area contributed by atoms with Crippen LogP contribution in [-0.4, -0.2) is 42.2 Å². The maximum Gasteiger partial charge on any atom is 0.256 e. The minimum Gasteiger partial charge on any atom is -0.463 e. The Hall–Kier alpha value is -3.71. The number of morpholine rings is 1. The lowest BCUT2D eigenvalue weighted by Crippen LogP contribution is -2.36. The molecule has 0 spiro atoms. The third kappa shape index (κ3) is 3.62. The number of furan rings is 1. The summed E-state index contributed by atoms with van der Waals surface area (Å²) >= 11 is 0. The summed E-state index contributed by atoms with van der Waals surface area (Å²) in [7, 11) is 0. The molecule has 1 aromatic carbocycles. The monoisotopic (exact) mass is 400 g/mol. The number of carbonyl (C=O) groups excluding carboxylic acids is 1. The summed E-state index contributed by atoms with van der Waals surface area (Å²) in [4.78, 5) is 24.4. The summed E-state index contributed by atoms with van der Waals surface area (Å²) < 4.78 is 10.9. The van der Waals surface area contributed by atoms with Crippen LogP contribution in [0.1, 0.15) is 10.4 Å². The standard InChI is InChI=1S/C23H20N4O3/c28-23(25-16-7-8-22(24-15-16)27-9-12-29-13-10-27)18-14-20(21-6-3-11-30-21)26-19-5-2-1-4-17(18)19/h1-8,11,14-15H,9-10,12-13H2,(H,25,28). The van der Waals surface area contributed by atoms with E-state index >= 15 is 0 Å². The topological polar surface area (TPSA) is 80.5 Å². The van der Waals surface area contributed by atoms with Gasteiger partial charge in [-0.1, -0.05) is 18.2 Å². The highest BCUT2D eigenvalue weighted by Crippen LogP contribution is 2.26. The van der Waals surface area contributed by atoms with Crippen molar-refractivity contribution in [3.8, 4) is 11.5 Å². The highest BCUT2D eigenvalue weighted by Gasteiger charge is 2.16. The number of anilines is 2. The van der Waals surface area contributed by atoms with Crippen molar-refractivity contribution in [2.45, 2.75) is 0 Å². The Bertz CT molecular complexity index is 1170. The molecular formula is C23H20N4O3. The average Bonchev–Trinajstić information content (AvgIpc) is 3.34. The third-order valence-corrected chi connectivity index (χ3v) is 5.08. The molecule has 7 nitrogen and oxygen atoms in total. The van der Waals surface area contributed by atoms with Crippen molar-refractivity contribution >= 4 is 28.3 Å². The van der Waals surface area contributed by atoms with Gasteiger partial charge in [0.2, 0.25) is 0 Å². The molecule has 1 amide bonds. The van der Waals surface area contributed by atoms with E-state index in [1.165, 1.54) is 0 Å². The zero-order valence-corrected chi connectivity index (χ0v) is 16.2. The fourth-order valence-electron chi connectivity index (χ4n) is 3.55. The number of rotatable bonds is 4. The molecule has 150 valence electrons. The number of hydrogen-bond donors (Lipinski definition) is 1. The number of hydrogen-bond acceptors (Lipinski definition) is 6. The average molecular weight is 400 g/mol. The lowest BCUT2D eigenvalue weighted by molar-refractivity contribution is 0.102. The van der Waals surface area contributed by atoms with Gasteiger partial charge in [0.25, 0.3) is 5.91 Å². The molecule has 30 heavy (non-hydrogen) atoms. The minimum atomic E-state index is -0.220. The summed E-state index contributed by atoms with van der Waals surface area (Å²) in [6.45, 7) is 3.04. The lowest BCUT2D eigenvalue weighted by atomic mass is 10.1. The van der Waals surface area contributed by atoms with Gasteiger partial charge in [-0.05, 0) is 36.4 Å². The molecule has 0 radical (unpaired) electrons. The molecular weight excluding hydrogens is 380 g/mol. The Labute approximate surface area is 173 Å². The number of amides is 1. The van der Waals surface area contributed by atoms with Crippen LogP contribution >= 0.6 is 0 Å². The summed E-state index contributed by atoms with van der Waals surface area (Å²) in [5.41, 5.74) is 2.52. The number of aromatic nitrogens is 2. The van der Waals surface area contributed by atoms with E-state index in [9.17, 15) is 4.79 Å². The Morgan fingerprint density at radius 3 is 2.67 bits per heavy atom. The molecule has 0 saturated carbocycles. The molecule has 0 unspecified atom stereocenters. The van der Waals surface area contributed by atoms with Crippen molar-refractivity contribution in [2.75, 3.05) is 36.5 Å². The van der Waals surface area contributed by atoms with E-state index in [-0.39, 0.29) is 5.91 Å². The van der Waals surface area contributed by atoms with Gasteiger partial charge in [-0.2, -0.15) is 0 Å².